The summed E-state index contributed by atoms with van der Waals surface area (Å²) in [4.78, 5) is 13.6. The lowest BCUT2D eigenvalue weighted by atomic mass is 9.78. The molecule has 1 N–H and O–H groups in total. The number of fused-ring (bicyclic) bond motifs is 3. The first kappa shape index (κ1) is 28.4. The summed E-state index contributed by atoms with van der Waals surface area (Å²) in [6.07, 6.45) is 5.44. The highest BCUT2D eigenvalue weighted by Crippen LogP contribution is 2.52. The highest BCUT2D eigenvalue weighted by atomic mass is 16.5. The first-order valence-electron chi connectivity index (χ1n) is 14.6. The molecule has 4 heteroatoms. The molecule has 4 nitrogen and oxygen atoms in total. The van der Waals surface area contributed by atoms with Crippen molar-refractivity contribution in [3.8, 4) is 11.1 Å². The molecule has 0 fully saturated rings. The summed E-state index contributed by atoms with van der Waals surface area (Å²) in [6.45, 7) is 8.67. The second-order valence-electron chi connectivity index (χ2n) is 10.9. The quantitative estimate of drug-likeness (QED) is 0.110. The number of hydrogen-bond acceptors (Lipinski definition) is 4. The number of rotatable bonds is 12. The van der Waals surface area contributed by atoms with Gasteiger partial charge in [-0.05, 0) is 102 Å². The Morgan fingerprint density at radius 3 is 2.02 bits per heavy atom. The summed E-state index contributed by atoms with van der Waals surface area (Å²) in [5.41, 5.74) is 11.1. The number of carbonyl (C=O) groups is 1. The fourth-order valence-corrected chi connectivity index (χ4v) is 5.95. The summed E-state index contributed by atoms with van der Waals surface area (Å²) in [5.74, 6) is -0.380. The Labute approximate surface area is 243 Å². The fraction of sp³-hybridized carbons (Fsp3) is 0.270. The molecule has 1 atom stereocenters. The molecule has 0 saturated carbocycles. The van der Waals surface area contributed by atoms with E-state index in [1.807, 2.05) is 0 Å². The predicted molar refractivity (Wildman–Crippen MR) is 168 cm³/mol. The average Bonchev–Trinajstić information content (AvgIpc) is 3.27. The van der Waals surface area contributed by atoms with Gasteiger partial charge in [0.15, 0.2) is 0 Å². The van der Waals surface area contributed by atoms with Crippen LogP contribution in [0.25, 0.3) is 11.1 Å². The highest BCUT2D eigenvalue weighted by molar-refractivity contribution is 5.85. The highest BCUT2D eigenvalue weighted by Gasteiger charge is 2.38. The molecule has 0 amide bonds. The van der Waals surface area contributed by atoms with Gasteiger partial charge in [0.1, 0.15) is 0 Å². The van der Waals surface area contributed by atoms with Crippen molar-refractivity contribution in [2.45, 2.75) is 51.4 Å². The minimum atomic E-state index is -0.380. The van der Waals surface area contributed by atoms with Crippen LogP contribution >= 0.6 is 0 Å². The molecule has 0 radical (unpaired) electrons. The van der Waals surface area contributed by atoms with Crippen LogP contribution in [0, 0.1) is 0 Å². The Balaban J connectivity index is 1.49. The van der Waals surface area contributed by atoms with Crippen molar-refractivity contribution in [2.75, 3.05) is 18.1 Å². The summed E-state index contributed by atoms with van der Waals surface area (Å²) in [7, 11) is 0. The second-order valence-corrected chi connectivity index (χ2v) is 10.9. The minimum absolute atomic E-state index is 0.0410. The van der Waals surface area contributed by atoms with Crippen LogP contribution in [0.2, 0.25) is 0 Å². The summed E-state index contributed by atoms with van der Waals surface area (Å²) < 4.78 is 5.13. The van der Waals surface area contributed by atoms with Crippen molar-refractivity contribution < 1.29 is 14.6 Å². The summed E-state index contributed by atoms with van der Waals surface area (Å²) >= 11 is 0. The number of aliphatic hydroxyl groups excluding tert-OH is 1. The van der Waals surface area contributed by atoms with E-state index in [2.05, 4.69) is 116 Å². The molecule has 0 saturated heterocycles. The van der Waals surface area contributed by atoms with E-state index in [4.69, 9.17) is 4.74 Å². The minimum Gasteiger partial charge on any atom is -0.463 e. The van der Waals surface area contributed by atoms with Gasteiger partial charge < -0.3 is 14.7 Å². The Bertz CT molecular complexity index is 1510. The van der Waals surface area contributed by atoms with Crippen molar-refractivity contribution in [1.82, 2.24) is 0 Å². The maximum absolute atomic E-state index is 11.3. The molecule has 1 aliphatic rings. The van der Waals surface area contributed by atoms with E-state index in [1.54, 1.807) is 0 Å². The maximum atomic E-state index is 11.3. The topological polar surface area (TPSA) is 49.8 Å². The maximum Gasteiger partial charge on any atom is 0.330 e. The van der Waals surface area contributed by atoms with E-state index < -0.39 is 0 Å². The standard InChI is InChI=1S/C37H39NO3/c1-4-36(40)41-25-9-11-28-16-20-30(21-17-28)38(29-18-14-27(15-19-29)10-8-24-39)31-22-23-33-32-12-6-7-13-34(32)37(3,5-2)35(33)26-31/h4,6-7,12-23,26,39H,1,5,8-11,24-25H2,2-3H3. The number of aryl methyl sites for hydroxylation is 2. The van der Waals surface area contributed by atoms with E-state index in [9.17, 15) is 9.90 Å². The molecule has 41 heavy (non-hydrogen) atoms. The molecule has 4 aromatic carbocycles. The van der Waals surface area contributed by atoms with E-state index in [-0.39, 0.29) is 18.0 Å². The molecule has 1 unspecified atom stereocenters. The number of hydrogen-bond donors (Lipinski definition) is 1. The van der Waals surface area contributed by atoms with Crippen LogP contribution in [-0.4, -0.2) is 24.3 Å². The van der Waals surface area contributed by atoms with Crippen LogP contribution in [-0.2, 0) is 27.8 Å². The number of benzene rings is 4. The normalized spacial score (nSPS) is 15.2. The molecule has 0 aromatic heterocycles. The van der Waals surface area contributed by atoms with Crippen molar-refractivity contribution in [2.24, 2.45) is 0 Å². The van der Waals surface area contributed by atoms with Gasteiger partial charge in [0.05, 0.1) is 6.61 Å². The number of nitrogens with zero attached hydrogens (tertiary/aromatic N) is 1. The third kappa shape index (κ3) is 5.84. The lowest BCUT2D eigenvalue weighted by Gasteiger charge is -2.29. The number of carbonyl (C=O) groups excluding carboxylic acids is 1. The zero-order chi connectivity index (χ0) is 28.8. The van der Waals surface area contributed by atoms with E-state index in [0.29, 0.717) is 6.61 Å². The van der Waals surface area contributed by atoms with Crippen LogP contribution in [0.15, 0.2) is 104 Å². The van der Waals surface area contributed by atoms with Gasteiger partial charge in [-0.3, -0.25) is 0 Å². The Hall–Kier alpha value is -4.15. The first-order chi connectivity index (χ1) is 20.0. The molecule has 1 aliphatic carbocycles. The summed E-state index contributed by atoms with van der Waals surface area (Å²) in [6, 6.07) is 33.0. The van der Waals surface area contributed by atoms with Crippen LogP contribution in [0.3, 0.4) is 0 Å². The van der Waals surface area contributed by atoms with Crippen LogP contribution in [0.5, 0.6) is 0 Å². The van der Waals surface area contributed by atoms with Crippen molar-refractivity contribution in [3.63, 3.8) is 0 Å². The number of aliphatic hydroxyl groups is 1. The zero-order valence-electron chi connectivity index (χ0n) is 24.1. The molecule has 4 aromatic rings. The van der Waals surface area contributed by atoms with E-state index >= 15 is 0 Å². The Morgan fingerprint density at radius 1 is 0.829 bits per heavy atom. The van der Waals surface area contributed by atoms with Gasteiger partial charge in [-0.25, -0.2) is 4.79 Å². The SMILES string of the molecule is C=CC(=O)OCCCc1ccc(N(c2ccc(CCCO)cc2)c2ccc3c(c2)C(C)(CC)c2ccccc2-3)cc1. The Morgan fingerprint density at radius 2 is 1.41 bits per heavy atom. The van der Waals surface area contributed by atoms with Gasteiger partial charge >= 0.3 is 5.97 Å². The van der Waals surface area contributed by atoms with Crippen molar-refractivity contribution in [1.29, 1.82) is 0 Å². The smallest absolute Gasteiger partial charge is 0.330 e. The average molecular weight is 546 g/mol. The van der Waals surface area contributed by atoms with Crippen LogP contribution < -0.4 is 4.90 Å². The first-order valence-corrected chi connectivity index (χ1v) is 14.6. The number of esters is 1. The fourth-order valence-electron chi connectivity index (χ4n) is 5.95. The van der Waals surface area contributed by atoms with Gasteiger partial charge in [0, 0.05) is 35.2 Å². The monoisotopic (exact) mass is 545 g/mol. The lowest BCUT2D eigenvalue weighted by Crippen LogP contribution is -2.20. The number of ether oxygens (including phenoxy) is 1. The third-order valence-electron chi connectivity index (χ3n) is 8.41. The summed E-state index contributed by atoms with van der Waals surface area (Å²) in [5, 5.41) is 9.26. The molecule has 210 valence electrons. The predicted octanol–water partition coefficient (Wildman–Crippen LogP) is 8.44. The lowest BCUT2D eigenvalue weighted by molar-refractivity contribution is -0.137. The van der Waals surface area contributed by atoms with E-state index in [1.165, 1.54) is 39.5 Å². The van der Waals surface area contributed by atoms with Gasteiger partial charge in [0.25, 0.3) is 0 Å². The molecular formula is C37H39NO3. The molecule has 0 bridgehead atoms. The van der Waals surface area contributed by atoms with Gasteiger partial charge in [-0.2, -0.15) is 0 Å². The number of anilines is 3. The largest absolute Gasteiger partial charge is 0.463 e. The third-order valence-corrected chi connectivity index (χ3v) is 8.41. The van der Waals surface area contributed by atoms with Crippen molar-refractivity contribution >= 4 is 23.0 Å². The van der Waals surface area contributed by atoms with E-state index in [0.717, 1.165) is 49.2 Å². The molecule has 0 aliphatic heterocycles. The Kier molecular flexibility index (Phi) is 8.70. The van der Waals surface area contributed by atoms with Crippen LogP contribution in [0.1, 0.15) is 55.4 Å². The second kappa shape index (κ2) is 12.6. The molecule has 0 heterocycles. The zero-order valence-corrected chi connectivity index (χ0v) is 24.1. The molecule has 0 spiro atoms. The molecular weight excluding hydrogens is 506 g/mol. The molecule has 5 rings (SSSR count). The van der Waals surface area contributed by atoms with Crippen molar-refractivity contribution in [3.05, 3.63) is 126 Å². The van der Waals surface area contributed by atoms with Gasteiger partial charge in [-0.1, -0.05) is 75.0 Å². The van der Waals surface area contributed by atoms with Crippen LogP contribution in [0.4, 0.5) is 17.1 Å². The van der Waals surface area contributed by atoms with Gasteiger partial charge in [-0.15, -0.1) is 0 Å². The van der Waals surface area contributed by atoms with Gasteiger partial charge in [0.2, 0.25) is 0 Å².